The Labute approximate surface area is 178 Å². The van der Waals surface area contributed by atoms with Crippen LogP contribution in [0.4, 0.5) is 5.69 Å². The zero-order valence-electron chi connectivity index (χ0n) is 17.3. The van der Waals surface area contributed by atoms with Crippen molar-refractivity contribution in [1.82, 2.24) is 10.2 Å². The van der Waals surface area contributed by atoms with E-state index in [1.54, 1.807) is 12.1 Å². The maximum Gasteiger partial charge on any atom is 0.261 e. The Bertz CT molecular complexity index is 973. The fourth-order valence-corrected chi connectivity index (χ4v) is 4.11. The number of aryl methyl sites for hydroxylation is 2. The van der Waals surface area contributed by atoms with Crippen LogP contribution in [0, 0.1) is 13.8 Å². The third-order valence-corrected chi connectivity index (χ3v) is 6.57. The number of likely N-dealkylation sites (N-methyl/N-ethyl adjacent to an activating group) is 1. The number of amides is 1. The molecule has 0 spiro atoms. The van der Waals surface area contributed by atoms with Gasteiger partial charge in [-0.15, -0.1) is 0 Å². The molecule has 2 N–H and O–H groups in total. The Morgan fingerprint density at radius 3 is 2.34 bits per heavy atom. The van der Waals surface area contributed by atoms with Crippen molar-refractivity contribution >= 4 is 33.2 Å². The minimum atomic E-state index is -3.85. The largest absolute Gasteiger partial charge is 0.351 e. The highest BCUT2D eigenvalue weighted by atomic mass is 35.5. The van der Waals surface area contributed by atoms with Gasteiger partial charge in [0.2, 0.25) is 0 Å². The minimum absolute atomic E-state index is 0.0194. The van der Waals surface area contributed by atoms with Crippen LogP contribution in [0.2, 0.25) is 5.02 Å². The number of nitrogens with one attached hydrogen (secondary N) is 2. The first kappa shape index (κ1) is 23.2. The molecule has 29 heavy (non-hydrogen) atoms. The summed E-state index contributed by atoms with van der Waals surface area (Å²) < 4.78 is 28.1. The van der Waals surface area contributed by atoms with Crippen LogP contribution in [0.1, 0.15) is 35.3 Å². The number of anilines is 1. The number of carbonyl (C=O) groups is 1. The zero-order valence-corrected chi connectivity index (χ0v) is 18.8. The van der Waals surface area contributed by atoms with Gasteiger partial charge in [-0.25, -0.2) is 8.42 Å². The highest BCUT2D eigenvalue weighted by Crippen LogP contribution is 2.23. The Morgan fingerprint density at radius 1 is 1.03 bits per heavy atom. The summed E-state index contributed by atoms with van der Waals surface area (Å²) in [5, 5.41) is 3.00. The lowest BCUT2D eigenvalue weighted by molar-refractivity contribution is 0.0949. The predicted molar refractivity (Wildman–Crippen MR) is 118 cm³/mol. The molecule has 0 fully saturated rings. The highest BCUT2D eigenvalue weighted by Gasteiger charge is 2.19. The summed E-state index contributed by atoms with van der Waals surface area (Å²) in [6.45, 7) is 10.9. The van der Waals surface area contributed by atoms with Gasteiger partial charge >= 0.3 is 0 Å². The molecule has 2 aromatic rings. The summed E-state index contributed by atoms with van der Waals surface area (Å²) in [7, 11) is -3.85. The molecule has 1 amide bonds. The molecule has 0 saturated carbocycles. The van der Waals surface area contributed by atoms with Crippen molar-refractivity contribution < 1.29 is 13.2 Å². The molecule has 2 aromatic carbocycles. The van der Waals surface area contributed by atoms with Crippen LogP contribution >= 0.6 is 11.6 Å². The van der Waals surface area contributed by atoms with E-state index in [0.717, 1.165) is 24.2 Å². The lowest BCUT2D eigenvalue weighted by atomic mass is 10.1. The Hall–Kier alpha value is -2.09. The third-order valence-electron chi connectivity index (χ3n) is 4.86. The fourth-order valence-electron chi connectivity index (χ4n) is 2.83. The second-order valence-electron chi connectivity index (χ2n) is 6.83. The molecule has 2 rings (SSSR count). The highest BCUT2D eigenvalue weighted by molar-refractivity contribution is 7.92. The molecule has 0 aromatic heterocycles. The average Bonchev–Trinajstić information content (AvgIpc) is 2.68. The third kappa shape index (κ3) is 6.19. The van der Waals surface area contributed by atoms with E-state index in [1.807, 2.05) is 19.9 Å². The zero-order chi connectivity index (χ0) is 21.6. The van der Waals surface area contributed by atoms with Gasteiger partial charge in [0, 0.05) is 18.8 Å². The molecular weight excluding hydrogens is 410 g/mol. The first-order valence-electron chi connectivity index (χ1n) is 9.58. The summed E-state index contributed by atoms with van der Waals surface area (Å²) in [6.07, 6.45) is 0. The fraction of sp³-hybridized carbons (Fsp3) is 0.381. The number of rotatable bonds is 9. The van der Waals surface area contributed by atoms with Crippen LogP contribution in [0.3, 0.4) is 0 Å². The Kier molecular flexibility index (Phi) is 8.07. The summed E-state index contributed by atoms with van der Waals surface area (Å²) in [5.74, 6) is -0.398. The van der Waals surface area contributed by atoms with E-state index in [1.165, 1.54) is 18.2 Å². The topological polar surface area (TPSA) is 78.5 Å². The normalized spacial score (nSPS) is 11.5. The predicted octanol–water partition coefficient (Wildman–Crippen LogP) is 3.83. The lowest BCUT2D eigenvalue weighted by Gasteiger charge is -2.18. The second kappa shape index (κ2) is 10.1. The number of hydrogen-bond acceptors (Lipinski definition) is 4. The van der Waals surface area contributed by atoms with Gasteiger partial charge in [0.15, 0.2) is 0 Å². The molecule has 0 bridgehead atoms. The molecular formula is C21H28ClN3O3S. The van der Waals surface area contributed by atoms with Crippen molar-refractivity contribution in [2.75, 3.05) is 30.9 Å². The van der Waals surface area contributed by atoms with Gasteiger partial charge in [-0.3, -0.25) is 9.52 Å². The van der Waals surface area contributed by atoms with Crippen molar-refractivity contribution in [2.24, 2.45) is 0 Å². The monoisotopic (exact) mass is 437 g/mol. The van der Waals surface area contributed by atoms with Crippen molar-refractivity contribution in [2.45, 2.75) is 32.6 Å². The van der Waals surface area contributed by atoms with E-state index in [-0.39, 0.29) is 15.5 Å². The quantitative estimate of drug-likeness (QED) is 0.624. The molecule has 6 nitrogen and oxygen atoms in total. The number of halogens is 1. The van der Waals surface area contributed by atoms with Crippen LogP contribution in [-0.2, 0) is 10.0 Å². The Balaban J connectivity index is 2.17. The molecule has 0 heterocycles. The van der Waals surface area contributed by atoms with E-state index in [4.69, 9.17) is 11.6 Å². The molecule has 0 aliphatic rings. The first-order valence-corrected chi connectivity index (χ1v) is 11.4. The molecule has 158 valence electrons. The molecule has 0 unspecified atom stereocenters. The van der Waals surface area contributed by atoms with E-state index in [9.17, 15) is 13.2 Å². The average molecular weight is 438 g/mol. The van der Waals surface area contributed by atoms with Gasteiger partial charge in [0.05, 0.1) is 15.5 Å². The van der Waals surface area contributed by atoms with E-state index >= 15 is 0 Å². The van der Waals surface area contributed by atoms with Crippen molar-refractivity contribution in [3.8, 4) is 0 Å². The smallest absolute Gasteiger partial charge is 0.261 e. The van der Waals surface area contributed by atoms with Crippen LogP contribution in [0.15, 0.2) is 41.3 Å². The molecule has 0 radical (unpaired) electrons. The Morgan fingerprint density at radius 2 is 1.72 bits per heavy atom. The summed E-state index contributed by atoms with van der Waals surface area (Å²) in [6, 6.07) is 9.44. The maximum absolute atomic E-state index is 12.8. The molecule has 0 aliphatic heterocycles. The van der Waals surface area contributed by atoms with Gasteiger partial charge in [-0.2, -0.15) is 0 Å². The van der Waals surface area contributed by atoms with Gasteiger partial charge in [0.25, 0.3) is 15.9 Å². The second-order valence-corrected chi connectivity index (χ2v) is 8.92. The minimum Gasteiger partial charge on any atom is -0.351 e. The number of carbonyl (C=O) groups excluding carboxylic acids is 1. The van der Waals surface area contributed by atoms with Gasteiger partial charge in [-0.1, -0.05) is 31.5 Å². The number of nitrogens with zero attached hydrogens (tertiary/aromatic N) is 1. The van der Waals surface area contributed by atoms with E-state index in [0.29, 0.717) is 18.8 Å². The first-order chi connectivity index (χ1) is 13.7. The number of benzene rings is 2. The molecule has 0 aliphatic carbocycles. The SMILES string of the molecule is CCN(CC)CCNC(=O)c1cc(S(=O)(=O)Nc2ccc(C)c(C)c2)ccc1Cl. The molecule has 8 heteroatoms. The van der Waals surface area contributed by atoms with Gasteiger partial charge in [0.1, 0.15) is 0 Å². The maximum atomic E-state index is 12.8. The van der Waals surface area contributed by atoms with Crippen LogP contribution in [0.5, 0.6) is 0 Å². The molecule has 0 atom stereocenters. The van der Waals surface area contributed by atoms with Crippen molar-refractivity contribution in [3.63, 3.8) is 0 Å². The van der Waals surface area contributed by atoms with Crippen LogP contribution < -0.4 is 10.0 Å². The van der Waals surface area contributed by atoms with E-state index < -0.39 is 15.9 Å². The summed E-state index contributed by atoms with van der Waals surface area (Å²) in [5.41, 5.74) is 2.65. The summed E-state index contributed by atoms with van der Waals surface area (Å²) >= 11 is 6.15. The van der Waals surface area contributed by atoms with Crippen molar-refractivity contribution in [3.05, 3.63) is 58.1 Å². The van der Waals surface area contributed by atoms with Crippen molar-refractivity contribution in [1.29, 1.82) is 0 Å². The van der Waals surface area contributed by atoms with Crippen LogP contribution in [-0.4, -0.2) is 45.4 Å². The van der Waals surface area contributed by atoms with Crippen LogP contribution in [0.25, 0.3) is 0 Å². The standard InChI is InChI=1S/C21H28ClN3O3S/c1-5-25(6-2)12-11-23-21(26)19-14-18(9-10-20(19)22)29(27,28)24-17-8-7-15(3)16(4)13-17/h7-10,13-14,24H,5-6,11-12H2,1-4H3,(H,23,26). The molecule has 0 saturated heterocycles. The van der Waals surface area contributed by atoms with E-state index in [2.05, 4.69) is 28.8 Å². The lowest BCUT2D eigenvalue weighted by Crippen LogP contribution is -2.35. The van der Waals surface area contributed by atoms with Gasteiger partial charge in [-0.05, 0) is 68.4 Å². The number of sulfonamides is 1. The van der Waals surface area contributed by atoms with Gasteiger partial charge < -0.3 is 10.2 Å². The number of hydrogen-bond donors (Lipinski definition) is 2. The summed E-state index contributed by atoms with van der Waals surface area (Å²) in [4.78, 5) is 14.7.